The highest BCUT2D eigenvalue weighted by Crippen LogP contribution is 2.20. The Balaban J connectivity index is 2.35. The van der Waals surface area contributed by atoms with Gasteiger partial charge in [0.2, 0.25) is 0 Å². The lowest BCUT2D eigenvalue weighted by molar-refractivity contribution is -0.139. The summed E-state index contributed by atoms with van der Waals surface area (Å²) in [5, 5.41) is 12.4. The van der Waals surface area contributed by atoms with E-state index >= 15 is 0 Å². The Hall–Kier alpha value is -1.88. The summed E-state index contributed by atoms with van der Waals surface area (Å²) in [6, 6.07) is 3.76. The maximum atomic E-state index is 13.1. The maximum absolute atomic E-state index is 13.1. The van der Waals surface area contributed by atoms with Crippen LogP contribution >= 0.6 is 0 Å². The molecule has 0 aliphatic rings. The van der Waals surface area contributed by atoms with E-state index in [1.807, 2.05) is 0 Å². The number of carboxylic acid groups (broad SMARTS) is 1. The molecule has 0 aliphatic carbocycles. The van der Waals surface area contributed by atoms with E-state index in [0.717, 1.165) is 16.5 Å². The van der Waals surface area contributed by atoms with Crippen molar-refractivity contribution in [2.45, 2.75) is 12.5 Å². The average Bonchev–Trinajstić information content (AvgIpc) is 2.68. The van der Waals surface area contributed by atoms with Gasteiger partial charge in [-0.05, 0) is 30.8 Å². The largest absolute Gasteiger partial charge is 0.480 e. The van der Waals surface area contributed by atoms with Gasteiger partial charge in [0.05, 0.1) is 0 Å². The van der Waals surface area contributed by atoms with E-state index < -0.39 is 12.0 Å². The minimum Gasteiger partial charge on any atom is -0.480 e. The number of fused-ring (bicyclic) bond motifs is 1. The van der Waals surface area contributed by atoms with Crippen LogP contribution in [0.1, 0.15) is 5.56 Å². The number of carbonyl (C=O) groups is 1. The van der Waals surface area contributed by atoms with Crippen LogP contribution in [-0.4, -0.2) is 29.1 Å². The van der Waals surface area contributed by atoms with Gasteiger partial charge in [0.25, 0.3) is 0 Å². The summed E-state index contributed by atoms with van der Waals surface area (Å²) >= 11 is 0. The Kier molecular flexibility index (Phi) is 3.10. The first-order chi connectivity index (χ1) is 8.11. The zero-order chi connectivity index (χ0) is 12.4. The van der Waals surface area contributed by atoms with Gasteiger partial charge in [-0.15, -0.1) is 0 Å². The molecule has 0 saturated heterocycles. The average molecular weight is 236 g/mol. The summed E-state index contributed by atoms with van der Waals surface area (Å²) in [7, 11) is 1.59. The van der Waals surface area contributed by atoms with E-state index in [-0.39, 0.29) is 5.82 Å². The van der Waals surface area contributed by atoms with Crippen LogP contribution in [0.4, 0.5) is 4.39 Å². The Morgan fingerprint density at radius 3 is 3.00 bits per heavy atom. The summed E-state index contributed by atoms with van der Waals surface area (Å²) < 4.78 is 13.1. The van der Waals surface area contributed by atoms with Gasteiger partial charge in [-0.3, -0.25) is 4.79 Å². The Morgan fingerprint density at radius 2 is 2.35 bits per heavy atom. The minimum atomic E-state index is -0.918. The monoisotopic (exact) mass is 236 g/mol. The highest BCUT2D eigenvalue weighted by molar-refractivity contribution is 5.84. The molecule has 0 aliphatic heterocycles. The minimum absolute atomic E-state index is 0.315. The number of hydrogen-bond donors (Lipinski definition) is 3. The molecule has 17 heavy (non-hydrogen) atoms. The molecule has 0 bridgehead atoms. The van der Waals surface area contributed by atoms with E-state index in [0.29, 0.717) is 6.42 Å². The molecule has 4 nitrogen and oxygen atoms in total. The Bertz CT molecular complexity index is 550. The molecule has 0 spiro atoms. The molecule has 5 heteroatoms. The van der Waals surface area contributed by atoms with Gasteiger partial charge >= 0.3 is 5.97 Å². The van der Waals surface area contributed by atoms with Crippen molar-refractivity contribution < 1.29 is 14.3 Å². The fraction of sp³-hybridized carbons (Fsp3) is 0.250. The predicted molar refractivity (Wildman–Crippen MR) is 62.4 cm³/mol. The molecule has 1 atom stereocenters. The maximum Gasteiger partial charge on any atom is 0.321 e. The van der Waals surface area contributed by atoms with Crippen LogP contribution in [0.15, 0.2) is 24.4 Å². The number of aromatic nitrogens is 1. The van der Waals surface area contributed by atoms with Crippen molar-refractivity contribution in [3.8, 4) is 0 Å². The van der Waals surface area contributed by atoms with Crippen molar-refractivity contribution in [2.75, 3.05) is 7.05 Å². The Morgan fingerprint density at radius 1 is 1.59 bits per heavy atom. The van der Waals surface area contributed by atoms with Crippen LogP contribution in [0.5, 0.6) is 0 Å². The third-order valence-corrected chi connectivity index (χ3v) is 2.80. The number of aliphatic carboxylic acids is 1. The molecule has 2 rings (SSSR count). The van der Waals surface area contributed by atoms with Crippen LogP contribution in [0.3, 0.4) is 0 Å². The number of H-pyrrole nitrogens is 1. The summed E-state index contributed by atoms with van der Waals surface area (Å²) in [5.74, 6) is -1.24. The van der Waals surface area contributed by atoms with Crippen molar-refractivity contribution in [3.05, 3.63) is 35.8 Å². The zero-order valence-corrected chi connectivity index (χ0v) is 9.33. The van der Waals surface area contributed by atoms with E-state index in [2.05, 4.69) is 10.3 Å². The SMILES string of the molecule is CN[C@@H](Cc1c[nH]c2ccc(F)cc12)C(=O)O. The lowest BCUT2D eigenvalue weighted by Crippen LogP contribution is -2.35. The number of nitrogens with one attached hydrogen (secondary N) is 2. The first-order valence-electron chi connectivity index (χ1n) is 5.27. The highest BCUT2D eigenvalue weighted by atomic mass is 19.1. The fourth-order valence-corrected chi connectivity index (χ4v) is 1.85. The van der Waals surface area contributed by atoms with E-state index in [9.17, 15) is 9.18 Å². The molecule has 2 aromatic rings. The molecule has 0 fully saturated rings. The number of rotatable bonds is 4. The molecular formula is C12H13FN2O2. The summed E-state index contributed by atoms with van der Waals surface area (Å²) in [6.45, 7) is 0. The van der Waals surface area contributed by atoms with Crippen molar-refractivity contribution in [1.82, 2.24) is 10.3 Å². The summed E-state index contributed by atoms with van der Waals surface area (Å²) in [6.07, 6.45) is 2.03. The van der Waals surface area contributed by atoms with E-state index in [4.69, 9.17) is 5.11 Å². The normalized spacial score (nSPS) is 12.8. The molecule has 90 valence electrons. The number of benzene rings is 1. The van der Waals surface area contributed by atoms with Gasteiger partial charge in [-0.1, -0.05) is 0 Å². The van der Waals surface area contributed by atoms with Gasteiger partial charge in [-0.2, -0.15) is 0 Å². The number of hydrogen-bond acceptors (Lipinski definition) is 2. The lowest BCUT2D eigenvalue weighted by atomic mass is 10.1. The molecule has 1 aromatic heterocycles. The van der Waals surface area contributed by atoms with Crippen molar-refractivity contribution in [1.29, 1.82) is 0 Å². The van der Waals surface area contributed by atoms with E-state index in [1.165, 1.54) is 12.1 Å². The van der Waals surface area contributed by atoms with E-state index in [1.54, 1.807) is 19.3 Å². The number of carboxylic acids is 1. The molecule has 1 aromatic carbocycles. The Labute approximate surface area is 97.5 Å². The van der Waals surface area contributed by atoms with Crippen LogP contribution in [0, 0.1) is 5.82 Å². The summed E-state index contributed by atoms with van der Waals surface area (Å²) in [4.78, 5) is 13.9. The van der Waals surface area contributed by atoms with Gasteiger partial charge in [0, 0.05) is 23.5 Å². The second-order valence-corrected chi connectivity index (χ2v) is 3.89. The topological polar surface area (TPSA) is 65.1 Å². The predicted octanol–water partition coefficient (Wildman–Crippen LogP) is 1.52. The zero-order valence-electron chi connectivity index (χ0n) is 9.33. The molecule has 3 N–H and O–H groups in total. The van der Waals surface area contributed by atoms with Crippen molar-refractivity contribution in [3.63, 3.8) is 0 Å². The molecule has 0 radical (unpaired) electrons. The fourth-order valence-electron chi connectivity index (χ4n) is 1.85. The van der Waals surface area contributed by atoms with Crippen LogP contribution in [-0.2, 0) is 11.2 Å². The molecular weight excluding hydrogens is 223 g/mol. The van der Waals surface area contributed by atoms with Crippen LogP contribution in [0.2, 0.25) is 0 Å². The number of likely N-dealkylation sites (N-methyl/N-ethyl adjacent to an activating group) is 1. The molecule has 0 unspecified atom stereocenters. The molecule has 0 amide bonds. The van der Waals surface area contributed by atoms with Crippen molar-refractivity contribution >= 4 is 16.9 Å². The number of aromatic amines is 1. The quantitative estimate of drug-likeness (QED) is 0.754. The van der Waals surface area contributed by atoms with Crippen LogP contribution in [0.25, 0.3) is 10.9 Å². The standard InChI is InChI=1S/C12H13FN2O2/c1-14-11(12(16)17)4-7-6-15-10-3-2-8(13)5-9(7)10/h2-3,5-6,11,14-15H,4H2,1H3,(H,16,17)/t11-/m0/s1. The van der Waals surface area contributed by atoms with Crippen LogP contribution < -0.4 is 5.32 Å². The van der Waals surface area contributed by atoms with Gasteiger partial charge in [0.15, 0.2) is 0 Å². The number of halogens is 1. The molecule has 1 heterocycles. The third kappa shape index (κ3) is 2.29. The first-order valence-corrected chi connectivity index (χ1v) is 5.27. The highest BCUT2D eigenvalue weighted by Gasteiger charge is 2.17. The van der Waals surface area contributed by atoms with Gasteiger partial charge in [-0.25, -0.2) is 4.39 Å². The smallest absolute Gasteiger partial charge is 0.321 e. The second kappa shape index (κ2) is 4.55. The first kappa shape index (κ1) is 11.6. The summed E-state index contributed by atoms with van der Waals surface area (Å²) in [5.41, 5.74) is 1.60. The van der Waals surface area contributed by atoms with Crippen molar-refractivity contribution in [2.24, 2.45) is 0 Å². The van der Waals surface area contributed by atoms with Gasteiger partial charge in [0.1, 0.15) is 11.9 Å². The second-order valence-electron chi connectivity index (χ2n) is 3.89. The molecule has 0 saturated carbocycles. The lowest BCUT2D eigenvalue weighted by Gasteiger charge is -2.09. The van der Waals surface area contributed by atoms with Gasteiger partial charge < -0.3 is 15.4 Å². The third-order valence-electron chi connectivity index (χ3n) is 2.80.